The topological polar surface area (TPSA) is 78.7 Å². The number of hydrogen-bond donors (Lipinski definition) is 1. The van der Waals surface area contributed by atoms with Gasteiger partial charge >= 0.3 is 0 Å². The first-order valence-corrected chi connectivity index (χ1v) is 6.41. The molecule has 1 saturated carbocycles. The molecule has 2 aromatic rings. The van der Waals surface area contributed by atoms with Crippen molar-refractivity contribution in [3.05, 3.63) is 41.7 Å². The lowest BCUT2D eigenvalue weighted by molar-refractivity contribution is -0.117. The monoisotopic (exact) mass is 264 g/mol. The maximum Gasteiger partial charge on any atom is 0.262 e. The van der Waals surface area contributed by atoms with E-state index in [2.05, 4.69) is 15.3 Å². The summed E-state index contributed by atoms with van der Waals surface area (Å²) in [5.41, 5.74) is 2.08. The SMILES string of the molecule is N#C/C(=C\c1cnc2ccccc2n1)C(=O)NC1CC1. The number of nitriles is 1. The van der Waals surface area contributed by atoms with E-state index < -0.39 is 0 Å². The average Bonchev–Trinajstić information content (AvgIpc) is 3.28. The first-order chi connectivity index (χ1) is 9.76. The van der Waals surface area contributed by atoms with Crippen LogP contribution in [0.5, 0.6) is 0 Å². The third-order valence-corrected chi connectivity index (χ3v) is 3.04. The van der Waals surface area contributed by atoms with Crippen LogP contribution in [-0.4, -0.2) is 21.9 Å². The van der Waals surface area contributed by atoms with Crippen LogP contribution in [0.1, 0.15) is 18.5 Å². The third kappa shape index (κ3) is 2.64. The van der Waals surface area contributed by atoms with E-state index in [4.69, 9.17) is 5.26 Å². The Morgan fingerprint density at radius 2 is 2.10 bits per heavy atom. The Kier molecular flexibility index (Phi) is 3.13. The molecule has 5 nitrogen and oxygen atoms in total. The van der Waals surface area contributed by atoms with Crippen LogP contribution in [0.2, 0.25) is 0 Å². The van der Waals surface area contributed by atoms with Gasteiger partial charge in [0.25, 0.3) is 5.91 Å². The lowest BCUT2D eigenvalue weighted by Gasteiger charge is -2.01. The smallest absolute Gasteiger partial charge is 0.262 e. The maximum atomic E-state index is 11.8. The molecule has 1 aromatic heterocycles. The van der Waals surface area contributed by atoms with E-state index in [-0.39, 0.29) is 17.5 Å². The largest absolute Gasteiger partial charge is 0.349 e. The summed E-state index contributed by atoms with van der Waals surface area (Å²) in [6, 6.07) is 9.60. The van der Waals surface area contributed by atoms with Gasteiger partial charge in [-0.1, -0.05) is 12.1 Å². The highest BCUT2D eigenvalue weighted by atomic mass is 16.1. The maximum absolute atomic E-state index is 11.8. The number of para-hydroxylation sites is 2. The van der Waals surface area contributed by atoms with Gasteiger partial charge in [0.2, 0.25) is 0 Å². The zero-order chi connectivity index (χ0) is 13.9. The number of hydrogen-bond acceptors (Lipinski definition) is 4. The fourth-order valence-corrected chi connectivity index (χ4v) is 1.83. The van der Waals surface area contributed by atoms with Crippen molar-refractivity contribution in [2.45, 2.75) is 18.9 Å². The minimum absolute atomic E-state index is 0.0569. The number of amides is 1. The van der Waals surface area contributed by atoms with Crippen LogP contribution < -0.4 is 5.32 Å². The Labute approximate surface area is 116 Å². The quantitative estimate of drug-likeness (QED) is 0.677. The molecule has 1 amide bonds. The van der Waals surface area contributed by atoms with Crippen molar-refractivity contribution >= 4 is 23.0 Å². The molecule has 1 N–H and O–H groups in total. The van der Waals surface area contributed by atoms with Crippen LogP contribution in [0.4, 0.5) is 0 Å². The summed E-state index contributed by atoms with van der Waals surface area (Å²) in [4.78, 5) is 20.5. The van der Waals surface area contributed by atoms with Gasteiger partial charge in [-0.15, -0.1) is 0 Å². The van der Waals surface area contributed by atoms with Crippen molar-refractivity contribution in [1.29, 1.82) is 5.26 Å². The van der Waals surface area contributed by atoms with E-state index in [1.165, 1.54) is 6.08 Å². The van der Waals surface area contributed by atoms with Gasteiger partial charge in [-0.25, -0.2) is 4.98 Å². The molecule has 1 aliphatic rings. The van der Waals surface area contributed by atoms with E-state index in [0.29, 0.717) is 5.69 Å². The summed E-state index contributed by atoms with van der Waals surface area (Å²) >= 11 is 0. The lowest BCUT2D eigenvalue weighted by atomic mass is 10.2. The predicted octanol–water partition coefficient (Wildman–Crippen LogP) is 1.82. The van der Waals surface area contributed by atoms with E-state index >= 15 is 0 Å². The molecule has 1 aliphatic carbocycles. The van der Waals surface area contributed by atoms with Gasteiger partial charge in [-0.3, -0.25) is 9.78 Å². The Hall–Kier alpha value is -2.74. The van der Waals surface area contributed by atoms with Gasteiger partial charge in [-0.05, 0) is 31.1 Å². The average molecular weight is 264 g/mol. The Balaban J connectivity index is 1.90. The number of carbonyl (C=O) groups is 1. The van der Waals surface area contributed by atoms with Crippen molar-refractivity contribution in [3.8, 4) is 6.07 Å². The van der Waals surface area contributed by atoms with E-state index in [9.17, 15) is 4.79 Å². The van der Waals surface area contributed by atoms with Crippen LogP contribution >= 0.6 is 0 Å². The third-order valence-electron chi connectivity index (χ3n) is 3.04. The molecule has 3 rings (SSSR count). The van der Waals surface area contributed by atoms with Gasteiger partial charge in [0.15, 0.2) is 0 Å². The van der Waals surface area contributed by atoms with Gasteiger partial charge in [0.05, 0.1) is 22.9 Å². The Morgan fingerprint density at radius 1 is 1.35 bits per heavy atom. The summed E-state index contributed by atoms with van der Waals surface area (Å²) in [5.74, 6) is -0.343. The fourth-order valence-electron chi connectivity index (χ4n) is 1.83. The van der Waals surface area contributed by atoms with Crippen LogP contribution in [-0.2, 0) is 4.79 Å². The molecule has 0 aliphatic heterocycles. The predicted molar refractivity (Wildman–Crippen MR) is 74.3 cm³/mol. The van der Waals surface area contributed by atoms with Crippen LogP contribution in [0, 0.1) is 11.3 Å². The standard InChI is InChI=1S/C15H12N4O/c16-8-10(15(20)19-11-5-6-11)7-12-9-17-13-3-1-2-4-14(13)18-12/h1-4,7,9,11H,5-6H2,(H,19,20)/b10-7+. The van der Waals surface area contributed by atoms with Gasteiger partial charge in [-0.2, -0.15) is 5.26 Å². The minimum atomic E-state index is -0.343. The summed E-state index contributed by atoms with van der Waals surface area (Å²) in [7, 11) is 0. The highest BCUT2D eigenvalue weighted by molar-refractivity contribution is 6.01. The highest BCUT2D eigenvalue weighted by Gasteiger charge is 2.24. The van der Waals surface area contributed by atoms with Crippen LogP contribution in [0.15, 0.2) is 36.0 Å². The second-order valence-electron chi connectivity index (χ2n) is 4.70. The van der Waals surface area contributed by atoms with Crippen molar-refractivity contribution in [1.82, 2.24) is 15.3 Å². The number of carbonyl (C=O) groups excluding carboxylic acids is 1. The van der Waals surface area contributed by atoms with Crippen molar-refractivity contribution in [2.24, 2.45) is 0 Å². The summed E-state index contributed by atoms with van der Waals surface area (Å²) in [6.45, 7) is 0. The molecule has 1 fully saturated rings. The molecule has 5 heteroatoms. The minimum Gasteiger partial charge on any atom is -0.349 e. The second-order valence-corrected chi connectivity index (χ2v) is 4.70. The summed E-state index contributed by atoms with van der Waals surface area (Å²) in [6.07, 6.45) is 5.00. The number of nitrogens with one attached hydrogen (secondary N) is 1. The summed E-state index contributed by atoms with van der Waals surface area (Å²) < 4.78 is 0. The first kappa shape index (κ1) is 12.3. The van der Waals surface area contributed by atoms with Crippen molar-refractivity contribution < 1.29 is 4.79 Å². The van der Waals surface area contributed by atoms with Gasteiger partial charge in [0.1, 0.15) is 11.6 Å². The zero-order valence-electron chi connectivity index (χ0n) is 10.7. The molecular formula is C15H12N4O. The summed E-state index contributed by atoms with van der Waals surface area (Å²) in [5, 5.41) is 11.9. The fraction of sp³-hybridized carbons (Fsp3) is 0.200. The molecular weight excluding hydrogens is 252 g/mol. The molecule has 0 saturated heterocycles. The molecule has 20 heavy (non-hydrogen) atoms. The Morgan fingerprint density at radius 3 is 2.80 bits per heavy atom. The number of benzene rings is 1. The Bertz CT molecular complexity index is 741. The molecule has 0 bridgehead atoms. The normalized spacial score (nSPS) is 14.8. The van der Waals surface area contributed by atoms with Crippen LogP contribution in [0.3, 0.4) is 0 Å². The second kappa shape index (κ2) is 5.10. The number of aromatic nitrogens is 2. The van der Waals surface area contributed by atoms with E-state index in [1.807, 2.05) is 30.3 Å². The molecule has 0 atom stereocenters. The number of rotatable bonds is 3. The molecule has 1 aromatic carbocycles. The lowest BCUT2D eigenvalue weighted by Crippen LogP contribution is -2.26. The molecule has 0 radical (unpaired) electrons. The zero-order valence-corrected chi connectivity index (χ0v) is 10.7. The molecule has 0 spiro atoms. The number of nitrogens with zero attached hydrogens (tertiary/aromatic N) is 3. The molecule has 98 valence electrons. The van der Waals surface area contributed by atoms with Crippen LogP contribution in [0.25, 0.3) is 17.1 Å². The molecule has 1 heterocycles. The van der Waals surface area contributed by atoms with E-state index in [1.54, 1.807) is 6.20 Å². The van der Waals surface area contributed by atoms with E-state index in [0.717, 1.165) is 23.9 Å². The van der Waals surface area contributed by atoms with Crippen molar-refractivity contribution in [2.75, 3.05) is 0 Å². The van der Waals surface area contributed by atoms with Crippen molar-refractivity contribution in [3.63, 3.8) is 0 Å². The van der Waals surface area contributed by atoms with Gasteiger partial charge in [0, 0.05) is 6.04 Å². The number of fused-ring (bicyclic) bond motifs is 1. The first-order valence-electron chi connectivity index (χ1n) is 6.41. The molecule has 0 unspecified atom stereocenters. The highest BCUT2D eigenvalue weighted by Crippen LogP contribution is 2.19. The van der Waals surface area contributed by atoms with Gasteiger partial charge < -0.3 is 5.32 Å².